The van der Waals surface area contributed by atoms with Gasteiger partial charge in [-0.3, -0.25) is 4.90 Å². The van der Waals surface area contributed by atoms with Crippen LogP contribution in [0, 0.1) is 6.92 Å². The highest BCUT2D eigenvalue weighted by Crippen LogP contribution is 2.12. The highest BCUT2D eigenvalue weighted by molar-refractivity contribution is 5.85. The maximum atomic E-state index is 5.50. The van der Waals surface area contributed by atoms with E-state index in [1.165, 1.54) is 0 Å². The van der Waals surface area contributed by atoms with Crippen molar-refractivity contribution in [2.24, 2.45) is 0 Å². The molecule has 0 aromatic carbocycles. The molecule has 2 rings (SSSR count). The Kier molecular flexibility index (Phi) is 4.77. The Hall–Kier alpha value is -0.580. The van der Waals surface area contributed by atoms with Crippen LogP contribution < -0.4 is 5.32 Å². The van der Waals surface area contributed by atoms with Gasteiger partial charge in [0.25, 0.3) is 0 Å². The third-order valence-electron chi connectivity index (χ3n) is 2.90. The molecule has 0 radical (unpaired) electrons. The van der Waals surface area contributed by atoms with Crippen molar-refractivity contribution in [2.45, 2.75) is 39.4 Å². The predicted octanol–water partition coefficient (Wildman–Crippen LogP) is 1.59. The van der Waals surface area contributed by atoms with Crippen LogP contribution in [-0.4, -0.2) is 35.1 Å². The number of hydrogen-bond acceptors (Lipinski definition) is 4. The number of rotatable bonds is 2. The van der Waals surface area contributed by atoms with Crippen molar-refractivity contribution >= 4 is 12.4 Å². The van der Waals surface area contributed by atoms with E-state index in [2.05, 4.69) is 29.0 Å². The van der Waals surface area contributed by atoms with Gasteiger partial charge in [0, 0.05) is 25.2 Å². The van der Waals surface area contributed by atoms with Gasteiger partial charge in [0.15, 0.2) is 0 Å². The van der Waals surface area contributed by atoms with Crippen LogP contribution in [0.3, 0.4) is 0 Å². The lowest BCUT2D eigenvalue weighted by molar-refractivity contribution is 0.126. The molecule has 0 saturated carbocycles. The maximum absolute atomic E-state index is 5.50. The first-order chi connectivity index (χ1) is 7.15. The van der Waals surface area contributed by atoms with Gasteiger partial charge in [0.2, 0.25) is 5.89 Å². The molecular formula is C11H20ClN3O. The third kappa shape index (κ3) is 3.20. The van der Waals surface area contributed by atoms with E-state index in [9.17, 15) is 0 Å². The molecule has 1 fully saturated rings. The highest BCUT2D eigenvalue weighted by Gasteiger charge is 2.23. The summed E-state index contributed by atoms with van der Waals surface area (Å²) < 4.78 is 5.50. The SMILES string of the molecule is Cc1cnc(CN2CC(C)NCC2C)o1.Cl. The van der Waals surface area contributed by atoms with Crippen LogP contribution in [0.15, 0.2) is 10.6 Å². The van der Waals surface area contributed by atoms with Gasteiger partial charge in [0.1, 0.15) is 5.76 Å². The van der Waals surface area contributed by atoms with Crippen molar-refractivity contribution in [2.75, 3.05) is 13.1 Å². The monoisotopic (exact) mass is 245 g/mol. The molecule has 5 heteroatoms. The Labute approximate surface area is 103 Å². The highest BCUT2D eigenvalue weighted by atomic mass is 35.5. The molecule has 0 spiro atoms. The Balaban J connectivity index is 0.00000128. The second-order valence-electron chi connectivity index (χ2n) is 4.45. The van der Waals surface area contributed by atoms with Crippen LogP contribution in [0.5, 0.6) is 0 Å². The summed E-state index contributed by atoms with van der Waals surface area (Å²) >= 11 is 0. The molecule has 2 heterocycles. The van der Waals surface area contributed by atoms with Gasteiger partial charge < -0.3 is 9.73 Å². The topological polar surface area (TPSA) is 41.3 Å². The zero-order chi connectivity index (χ0) is 10.8. The zero-order valence-corrected chi connectivity index (χ0v) is 10.9. The lowest BCUT2D eigenvalue weighted by Crippen LogP contribution is -2.53. The molecule has 16 heavy (non-hydrogen) atoms. The molecule has 0 aliphatic carbocycles. The summed E-state index contributed by atoms with van der Waals surface area (Å²) in [6, 6.07) is 1.10. The largest absolute Gasteiger partial charge is 0.445 e. The van der Waals surface area contributed by atoms with Crippen molar-refractivity contribution in [1.29, 1.82) is 0 Å². The first kappa shape index (κ1) is 13.5. The molecule has 1 N–H and O–H groups in total. The normalized spacial score (nSPS) is 26.4. The van der Waals surface area contributed by atoms with E-state index < -0.39 is 0 Å². The van der Waals surface area contributed by atoms with E-state index >= 15 is 0 Å². The molecule has 92 valence electrons. The molecule has 1 aromatic heterocycles. The molecule has 1 aromatic rings. The quantitative estimate of drug-likeness (QED) is 0.859. The Bertz CT molecular complexity index is 329. The Morgan fingerprint density at radius 1 is 1.56 bits per heavy atom. The van der Waals surface area contributed by atoms with E-state index in [4.69, 9.17) is 4.42 Å². The first-order valence-corrected chi connectivity index (χ1v) is 5.54. The molecule has 0 bridgehead atoms. The van der Waals surface area contributed by atoms with Gasteiger partial charge in [0.05, 0.1) is 12.7 Å². The van der Waals surface area contributed by atoms with Crippen molar-refractivity contribution in [3.8, 4) is 0 Å². The molecule has 0 amide bonds. The molecule has 1 saturated heterocycles. The number of halogens is 1. The minimum absolute atomic E-state index is 0. The average molecular weight is 246 g/mol. The Morgan fingerprint density at radius 3 is 2.94 bits per heavy atom. The summed E-state index contributed by atoms with van der Waals surface area (Å²) in [5, 5.41) is 3.46. The van der Waals surface area contributed by atoms with E-state index in [0.29, 0.717) is 12.1 Å². The van der Waals surface area contributed by atoms with Crippen LogP contribution in [0.4, 0.5) is 0 Å². The summed E-state index contributed by atoms with van der Waals surface area (Å²) in [5.74, 6) is 1.72. The van der Waals surface area contributed by atoms with Crippen LogP contribution in [0.25, 0.3) is 0 Å². The number of piperazine rings is 1. The van der Waals surface area contributed by atoms with E-state index in [-0.39, 0.29) is 12.4 Å². The Morgan fingerprint density at radius 2 is 2.31 bits per heavy atom. The van der Waals surface area contributed by atoms with Crippen molar-refractivity contribution in [1.82, 2.24) is 15.2 Å². The molecule has 4 nitrogen and oxygen atoms in total. The summed E-state index contributed by atoms with van der Waals surface area (Å²) in [7, 11) is 0. The average Bonchev–Trinajstić information content (AvgIpc) is 2.58. The fraction of sp³-hybridized carbons (Fsp3) is 0.727. The standard InChI is InChI=1S/C11H19N3O.ClH/c1-8-6-14(9(2)4-12-8)7-11-13-5-10(3)15-11;/h5,8-9,12H,4,6-7H2,1-3H3;1H. The van der Waals surface area contributed by atoms with Crippen LogP contribution in [0.2, 0.25) is 0 Å². The van der Waals surface area contributed by atoms with Crippen LogP contribution >= 0.6 is 12.4 Å². The fourth-order valence-electron chi connectivity index (χ4n) is 1.97. The van der Waals surface area contributed by atoms with Crippen molar-refractivity contribution < 1.29 is 4.42 Å². The van der Waals surface area contributed by atoms with Crippen molar-refractivity contribution in [3.63, 3.8) is 0 Å². The number of aryl methyl sites for hydroxylation is 1. The smallest absolute Gasteiger partial charge is 0.208 e. The van der Waals surface area contributed by atoms with E-state index in [1.807, 2.05) is 6.92 Å². The lowest BCUT2D eigenvalue weighted by Gasteiger charge is -2.36. The summed E-state index contributed by atoms with van der Waals surface area (Å²) in [6.07, 6.45) is 1.78. The molecule has 2 unspecified atom stereocenters. The van der Waals surface area contributed by atoms with Gasteiger partial charge in [-0.2, -0.15) is 0 Å². The van der Waals surface area contributed by atoms with Gasteiger partial charge >= 0.3 is 0 Å². The molecular weight excluding hydrogens is 226 g/mol. The second-order valence-corrected chi connectivity index (χ2v) is 4.45. The van der Waals surface area contributed by atoms with Gasteiger partial charge in [-0.25, -0.2) is 4.98 Å². The zero-order valence-electron chi connectivity index (χ0n) is 10.1. The van der Waals surface area contributed by atoms with E-state index in [0.717, 1.165) is 31.3 Å². The van der Waals surface area contributed by atoms with Gasteiger partial charge in [-0.15, -0.1) is 12.4 Å². The van der Waals surface area contributed by atoms with Gasteiger partial charge in [-0.05, 0) is 20.8 Å². The lowest BCUT2D eigenvalue weighted by atomic mass is 10.1. The van der Waals surface area contributed by atoms with Crippen LogP contribution in [-0.2, 0) is 6.54 Å². The summed E-state index contributed by atoms with van der Waals surface area (Å²) in [4.78, 5) is 6.65. The minimum Gasteiger partial charge on any atom is -0.445 e. The maximum Gasteiger partial charge on any atom is 0.208 e. The number of aromatic nitrogens is 1. The predicted molar refractivity (Wildman–Crippen MR) is 65.8 cm³/mol. The number of hydrogen-bond donors (Lipinski definition) is 1. The fourth-order valence-corrected chi connectivity index (χ4v) is 1.97. The first-order valence-electron chi connectivity index (χ1n) is 5.54. The van der Waals surface area contributed by atoms with E-state index in [1.54, 1.807) is 6.20 Å². The number of oxazole rings is 1. The van der Waals surface area contributed by atoms with Crippen molar-refractivity contribution in [3.05, 3.63) is 17.8 Å². The second kappa shape index (κ2) is 5.66. The molecule has 1 aliphatic rings. The number of nitrogens with zero attached hydrogens (tertiary/aromatic N) is 2. The molecule has 1 aliphatic heterocycles. The number of nitrogens with one attached hydrogen (secondary N) is 1. The molecule has 2 atom stereocenters. The van der Waals surface area contributed by atoms with Crippen LogP contribution in [0.1, 0.15) is 25.5 Å². The van der Waals surface area contributed by atoms with Gasteiger partial charge in [-0.1, -0.05) is 0 Å². The summed E-state index contributed by atoms with van der Waals surface area (Å²) in [5.41, 5.74) is 0. The summed E-state index contributed by atoms with van der Waals surface area (Å²) in [6.45, 7) is 9.29. The third-order valence-corrected chi connectivity index (χ3v) is 2.90. The minimum atomic E-state index is 0.